The zero-order valence-electron chi connectivity index (χ0n) is 7.23. The van der Waals surface area contributed by atoms with Gasteiger partial charge in [0, 0.05) is 19.8 Å². The normalized spacial score (nSPS) is 11.4. The second-order valence-electron chi connectivity index (χ2n) is 2.24. The van der Waals surface area contributed by atoms with Gasteiger partial charge in [0.05, 0.1) is 0 Å². The number of likely N-dealkylation sites (N-methyl/N-ethyl adjacent to an activating group) is 1. The first kappa shape index (κ1) is 9.24. The monoisotopic (exact) mass is 140 g/mol. The van der Waals surface area contributed by atoms with Crippen molar-refractivity contribution in [2.24, 2.45) is 0 Å². The second-order valence-corrected chi connectivity index (χ2v) is 2.24. The van der Waals surface area contributed by atoms with E-state index in [9.17, 15) is 0 Å². The molecule has 1 N–H and O–H groups in total. The molecule has 0 aromatic rings. The van der Waals surface area contributed by atoms with E-state index >= 15 is 0 Å². The van der Waals surface area contributed by atoms with Crippen LogP contribution in [0.3, 0.4) is 0 Å². The predicted molar refractivity (Wildman–Crippen MR) is 45.4 cm³/mol. The highest BCUT2D eigenvalue weighted by Gasteiger charge is 1.99. The largest absolute Gasteiger partial charge is 0.312 e. The summed E-state index contributed by atoms with van der Waals surface area (Å²) in [6, 6.07) is 0. The third-order valence-electron chi connectivity index (χ3n) is 1.41. The summed E-state index contributed by atoms with van der Waals surface area (Å²) in [7, 11) is 3.84. The minimum absolute atomic E-state index is 1.07. The van der Waals surface area contributed by atoms with Gasteiger partial charge in [-0.1, -0.05) is 12.7 Å². The Morgan fingerprint density at radius 2 is 2.10 bits per heavy atom. The smallest absolute Gasteiger partial charge is 0.0496 e. The molecule has 58 valence electrons. The average Bonchev–Trinajstić information content (AvgIpc) is 1.88. The van der Waals surface area contributed by atoms with Crippen LogP contribution in [0.2, 0.25) is 0 Å². The maximum Gasteiger partial charge on any atom is 0.0496 e. The summed E-state index contributed by atoms with van der Waals surface area (Å²) in [6.45, 7) is 7.83. The van der Waals surface area contributed by atoms with Gasteiger partial charge in [-0.05, 0) is 19.4 Å². The summed E-state index contributed by atoms with van der Waals surface area (Å²) in [5.74, 6) is 0. The number of hydrazine groups is 1. The average molecular weight is 140 g/mol. The van der Waals surface area contributed by atoms with Crippen LogP contribution < -0.4 is 5.43 Å². The first-order valence-corrected chi connectivity index (χ1v) is 3.36. The van der Waals surface area contributed by atoms with E-state index in [1.807, 2.05) is 39.0 Å². The SMILES string of the molecule is C=C(C)/C(=C\C)N(C)NC. The summed E-state index contributed by atoms with van der Waals surface area (Å²) in [6.07, 6.45) is 2.03. The Labute approximate surface area is 63.2 Å². The van der Waals surface area contributed by atoms with Crippen LogP contribution in [0, 0.1) is 0 Å². The molecule has 0 aliphatic rings. The van der Waals surface area contributed by atoms with Crippen molar-refractivity contribution in [2.75, 3.05) is 14.1 Å². The predicted octanol–water partition coefficient (Wildman–Crippen LogP) is 1.53. The molecule has 0 bridgehead atoms. The van der Waals surface area contributed by atoms with Crippen molar-refractivity contribution in [2.45, 2.75) is 13.8 Å². The molecule has 0 spiro atoms. The Hall–Kier alpha value is -0.760. The van der Waals surface area contributed by atoms with Crippen LogP contribution >= 0.6 is 0 Å². The fraction of sp³-hybridized carbons (Fsp3) is 0.500. The topological polar surface area (TPSA) is 15.3 Å². The number of nitrogens with zero attached hydrogens (tertiary/aromatic N) is 1. The van der Waals surface area contributed by atoms with E-state index in [1.165, 1.54) is 0 Å². The zero-order valence-corrected chi connectivity index (χ0v) is 7.23. The summed E-state index contributed by atoms with van der Waals surface area (Å²) < 4.78 is 0. The number of hydrogen-bond acceptors (Lipinski definition) is 2. The van der Waals surface area contributed by atoms with Crippen molar-refractivity contribution in [3.05, 3.63) is 23.9 Å². The molecule has 0 saturated carbocycles. The molecule has 0 aromatic heterocycles. The zero-order chi connectivity index (χ0) is 8.15. The molecule has 0 aliphatic carbocycles. The summed E-state index contributed by atoms with van der Waals surface area (Å²) in [5.41, 5.74) is 5.20. The Kier molecular flexibility index (Phi) is 3.81. The van der Waals surface area contributed by atoms with E-state index in [4.69, 9.17) is 0 Å². The lowest BCUT2D eigenvalue weighted by molar-refractivity contribution is 0.338. The van der Waals surface area contributed by atoms with E-state index in [-0.39, 0.29) is 0 Å². The lowest BCUT2D eigenvalue weighted by atomic mass is 10.2. The maximum absolute atomic E-state index is 3.85. The van der Waals surface area contributed by atoms with Gasteiger partial charge in [-0.25, -0.2) is 5.43 Å². The molecule has 0 fully saturated rings. The molecular formula is C8H16N2. The maximum atomic E-state index is 3.85. The molecule has 2 heteroatoms. The van der Waals surface area contributed by atoms with Crippen LogP contribution in [0.5, 0.6) is 0 Å². The summed E-state index contributed by atoms with van der Waals surface area (Å²) >= 11 is 0. The van der Waals surface area contributed by atoms with E-state index in [0.29, 0.717) is 0 Å². The number of allylic oxidation sites excluding steroid dienone is 2. The third kappa shape index (κ3) is 2.23. The minimum atomic E-state index is 1.07. The van der Waals surface area contributed by atoms with E-state index in [0.717, 1.165) is 11.3 Å². The second kappa shape index (κ2) is 4.12. The van der Waals surface area contributed by atoms with Crippen LogP contribution in [-0.2, 0) is 0 Å². The van der Waals surface area contributed by atoms with Crippen molar-refractivity contribution in [1.29, 1.82) is 0 Å². The molecule has 0 rings (SSSR count). The van der Waals surface area contributed by atoms with Crippen molar-refractivity contribution >= 4 is 0 Å². The van der Waals surface area contributed by atoms with Gasteiger partial charge < -0.3 is 5.01 Å². The van der Waals surface area contributed by atoms with Gasteiger partial charge in [0.15, 0.2) is 0 Å². The van der Waals surface area contributed by atoms with Gasteiger partial charge in [0.2, 0.25) is 0 Å². The number of nitrogens with one attached hydrogen (secondary N) is 1. The first-order chi connectivity index (χ1) is 4.63. The third-order valence-corrected chi connectivity index (χ3v) is 1.41. The van der Waals surface area contributed by atoms with Crippen molar-refractivity contribution in [3.8, 4) is 0 Å². The molecule has 0 aliphatic heterocycles. The van der Waals surface area contributed by atoms with E-state index in [2.05, 4.69) is 12.0 Å². The van der Waals surface area contributed by atoms with Gasteiger partial charge in [0.1, 0.15) is 0 Å². The highest BCUT2D eigenvalue weighted by molar-refractivity contribution is 5.23. The molecular weight excluding hydrogens is 124 g/mol. The van der Waals surface area contributed by atoms with Crippen LogP contribution in [0.15, 0.2) is 23.9 Å². The molecule has 0 amide bonds. The fourth-order valence-electron chi connectivity index (χ4n) is 0.847. The summed E-state index contributed by atoms with van der Waals surface area (Å²) in [5, 5.41) is 1.93. The molecule has 0 atom stereocenters. The molecule has 0 saturated heterocycles. The van der Waals surface area contributed by atoms with Crippen LogP contribution in [0.1, 0.15) is 13.8 Å². The Morgan fingerprint density at radius 3 is 2.20 bits per heavy atom. The molecule has 0 heterocycles. The van der Waals surface area contributed by atoms with Gasteiger partial charge in [-0.3, -0.25) is 0 Å². The van der Waals surface area contributed by atoms with E-state index in [1.54, 1.807) is 0 Å². The number of rotatable bonds is 3. The highest BCUT2D eigenvalue weighted by Crippen LogP contribution is 2.07. The van der Waals surface area contributed by atoms with Gasteiger partial charge in [-0.2, -0.15) is 0 Å². The fourth-order valence-corrected chi connectivity index (χ4v) is 0.847. The van der Waals surface area contributed by atoms with E-state index < -0.39 is 0 Å². The highest BCUT2D eigenvalue weighted by atomic mass is 15.5. The van der Waals surface area contributed by atoms with Crippen LogP contribution in [0.4, 0.5) is 0 Å². The van der Waals surface area contributed by atoms with Gasteiger partial charge in [0.25, 0.3) is 0 Å². The van der Waals surface area contributed by atoms with Crippen molar-refractivity contribution in [1.82, 2.24) is 10.4 Å². The van der Waals surface area contributed by atoms with Gasteiger partial charge in [-0.15, -0.1) is 0 Å². The number of hydrogen-bond donors (Lipinski definition) is 1. The van der Waals surface area contributed by atoms with Crippen molar-refractivity contribution < 1.29 is 0 Å². The molecule has 2 nitrogen and oxygen atoms in total. The lowest BCUT2D eigenvalue weighted by Gasteiger charge is -2.20. The molecule has 0 aromatic carbocycles. The Balaban J connectivity index is 4.23. The van der Waals surface area contributed by atoms with Gasteiger partial charge >= 0.3 is 0 Å². The minimum Gasteiger partial charge on any atom is -0.312 e. The lowest BCUT2D eigenvalue weighted by Crippen LogP contribution is -2.30. The van der Waals surface area contributed by atoms with Crippen LogP contribution in [-0.4, -0.2) is 19.1 Å². The standard InChI is InChI=1S/C8H16N2/c1-6-8(7(2)3)10(5)9-4/h6,9H,2H2,1,3-5H3/b8-6+. The Bertz CT molecular complexity index is 147. The summed E-state index contributed by atoms with van der Waals surface area (Å²) in [4.78, 5) is 0. The molecule has 10 heavy (non-hydrogen) atoms. The quantitative estimate of drug-likeness (QED) is 0.472. The molecule has 0 unspecified atom stereocenters. The van der Waals surface area contributed by atoms with Crippen molar-refractivity contribution in [3.63, 3.8) is 0 Å². The Morgan fingerprint density at radius 1 is 1.60 bits per heavy atom. The first-order valence-electron chi connectivity index (χ1n) is 3.36. The van der Waals surface area contributed by atoms with Crippen LogP contribution in [0.25, 0.3) is 0 Å². The molecule has 0 radical (unpaired) electrons.